The molecule has 0 aliphatic carbocycles. The number of hydrogen-bond acceptors (Lipinski definition) is 3. The van der Waals surface area contributed by atoms with Crippen LogP contribution in [0.4, 0.5) is 10.2 Å². The lowest BCUT2D eigenvalue weighted by Gasteiger charge is -2.21. The standard InChI is InChI=1S/C10H12ClFN2O2/c1-2-3-14(6-9(15)16)10-8(12)4-7(11)5-13-10/h4-5H,2-3,6H2,1H3,(H,15,16). The fourth-order valence-corrected chi connectivity index (χ4v) is 1.48. The van der Waals surface area contributed by atoms with Crippen LogP contribution in [-0.2, 0) is 4.79 Å². The van der Waals surface area contributed by atoms with E-state index in [9.17, 15) is 9.18 Å². The Balaban J connectivity index is 2.95. The molecule has 0 aliphatic rings. The number of anilines is 1. The average Bonchev–Trinajstić information content (AvgIpc) is 2.16. The van der Waals surface area contributed by atoms with Crippen LogP contribution in [0.3, 0.4) is 0 Å². The normalized spacial score (nSPS) is 10.2. The van der Waals surface area contributed by atoms with Crippen LogP contribution in [0.15, 0.2) is 12.3 Å². The van der Waals surface area contributed by atoms with E-state index in [1.54, 1.807) is 0 Å². The molecule has 1 N–H and O–H groups in total. The quantitative estimate of drug-likeness (QED) is 0.865. The average molecular weight is 247 g/mol. The van der Waals surface area contributed by atoms with Crippen molar-refractivity contribution in [1.29, 1.82) is 0 Å². The van der Waals surface area contributed by atoms with Gasteiger partial charge in [0.2, 0.25) is 0 Å². The molecule has 0 spiro atoms. The van der Waals surface area contributed by atoms with Crippen LogP contribution in [0.25, 0.3) is 0 Å². The second-order valence-electron chi connectivity index (χ2n) is 3.27. The smallest absolute Gasteiger partial charge is 0.323 e. The number of pyridine rings is 1. The summed E-state index contributed by atoms with van der Waals surface area (Å²) in [6, 6.07) is 1.12. The Morgan fingerprint density at radius 3 is 2.88 bits per heavy atom. The van der Waals surface area contributed by atoms with Crippen molar-refractivity contribution in [2.45, 2.75) is 13.3 Å². The van der Waals surface area contributed by atoms with Gasteiger partial charge >= 0.3 is 5.97 Å². The molecule has 0 aromatic carbocycles. The molecule has 0 unspecified atom stereocenters. The van der Waals surface area contributed by atoms with E-state index < -0.39 is 11.8 Å². The Labute approximate surface area is 97.7 Å². The van der Waals surface area contributed by atoms with Crippen LogP contribution in [0.5, 0.6) is 0 Å². The Bertz CT molecular complexity index is 387. The van der Waals surface area contributed by atoms with Crippen LogP contribution in [0.1, 0.15) is 13.3 Å². The number of hydrogen-bond donors (Lipinski definition) is 1. The monoisotopic (exact) mass is 246 g/mol. The topological polar surface area (TPSA) is 53.4 Å². The number of rotatable bonds is 5. The SMILES string of the molecule is CCCN(CC(=O)O)c1ncc(Cl)cc1F. The molecule has 0 bridgehead atoms. The molecule has 0 radical (unpaired) electrons. The molecular formula is C10H12ClFN2O2. The van der Waals surface area contributed by atoms with Crippen molar-refractivity contribution >= 4 is 23.4 Å². The Morgan fingerprint density at radius 1 is 1.69 bits per heavy atom. The van der Waals surface area contributed by atoms with E-state index in [1.165, 1.54) is 11.1 Å². The highest BCUT2D eigenvalue weighted by atomic mass is 35.5. The number of nitrogens with zero attached hydrogens (tertiary/aromatic N) is 2. The molecule has 1 aromatic heterocycles. The molecule has 88 valence electrons. The lowest BCUT2D eigenvalue weighted by molar-refractivity contribution is -0.135. The van der Waals surface area contributed by atoms with E-state index in [0.717, 1.165) is 6.07 Å². The van der Waals surface area contributed by atoms with E-state index in [2.05, 4.69) is 4.98 Å². The second kappa shape index (κ2) is 5.65. The molecule has 1 heterocycles. The summed E-state index contributed by atoms with van der Waals surface area (Å²) < 4.78 is 13.5. The summed E-state index contributed by atoms with van der Waals surface area (Å²) in [6.45, 7) is 2.03. The Kier molecular flexibility index (Phi) is 4.49. The summed E-state index contributed by atoms with van der Waals surface area (Å²) in [4.78, 5) is 15.8. The van der Waals surface area contributed by atoms with Gasteiger partial charge in [-0.05, 0) is 12.5 Å². The van der Waals surface area contributed by atoms with Crippen LogP contribution < -0.4 is 4.90 Å². The minimum Gasteiger partial charge on any atom is -0.480 e. The Morgan fingerprint density at radius 2 is 2.38 bits per heavy atom. The van der Waals surface area contributed by atoms with Gasteiger partial charge in [0.25, 0.3) is 0 Å². The summed E-state index contributed by atoms with van der Waals surface area (Å²) in [6.07, 6.45) is 2.00. The number of carboxylic acid groups (broad SMARTS) is 1. The van der Waals surface area contributed by atoms with Crippen LogP contribution in [0.2, 0.25) is 5.02 Å². The lowest BCUT2D eigenvalue weighted by Crippen LogP contribution is -2.31. The van der Waals surface area contributed by atoms with Gasteiger partial charge in [-0.1, -0.05) is 18.5 Å². The summed E-state index contributed by atoms with van der Waals surface area (Å²) >= 11 is 5.57. The highest BCUT2D eigenvalue weighted by Crippen LogP contribution is 2.19. The van der Waals surface area contributed by atoms with Gasteiger partial charge in [0.05, 0.1) is 5.02 Å². The lowest BCUT2D eigenvalue weighted by atomic mass is 10.3. The number of aliphatic carboxylic acids is 1. The fourth-order valence-electron chi connectivity index (χ4n) is 1.33. The number of carboxylic acids is 1. The molecular weight excluding hydrogens is 235 g/mol. The molecule has 0 saturated carbocycles. The first kappa shape index (κ1) is 12.7. The number of halogens is 2. The minimum atomic E-state index is -1.02. The van der Waals surface area contributed by atoms with Gasteiger partial charge in [0, 0.05) is 12.7 Å². The number of aromatic nitrogens is 1. The molecule has 4 nitrogen and oxygen atoms in total. The zero-order valence-electron chi connectivity index (χ0n) is 8.78. The summed E-state index contributed by atoms with van der Waals surface area (Å²) in [7, 11) is 0. The van der Waals surface area contributed by atoms with Crippen LogP contribution in [0, 0.1) is 5.82 Å². The summed E-state index contributed by atoms with van der Waals surface area (Å²) in [5.41, 5.74) is 0. The van der Waals surface area contributed by atoms with Gasteiger partial charge in [-0.25, -0.2) is 9.37 Å². The van der Waals surface area contributed by atoms with E-state index in [4.69, 9.17) is 16.7 Å². The van der Waals surface area contributed by atoms with Crippen molar-refractivity contribution in [3.63, 3.8) is 0 Å². The van der Waals surface area contributed by atoms with Crippen LogP contribution >= 0.6 is 11.6 Å². The Hall–Kier alpha value is -1.36. The van der Waals surface area contributed by atoms with Gasteiger partial charge < -0.3 is 10.0 Å². The molecule has 0 fully saturated rings. The fraction of sp³-hybridized carbons (Fsp3) is 0.400. The molecule has 0 amide bonds. The maximum Gasteiger partial charge on any atom is 0.323 e. The van der Waals surface area contributed by atoms with Gasteiger partial charge in [-0.15, -0.1) is 0 Å². The van der Waals surface area contributed by atoms with E-state index in [1.807, 2.05) is 6.92 Å². The minimum absolute atomic E-state index is 0.0219. The van der Waals surface area contributed by atoms with E-state index in [-0.39, 0.29) is 17.4 Å². The predicted molar refractivity (Wildman–Crippen MR) is 59.3 cm³/mol. The van der Waals surface area contributed by atoms with Gasteiger partial charge in [0.1, 0.15) is 6.54 Å². The molecule has 16 heavy (non-hydrogen) atoms. The molecule has 1 rings (SSSR count). The first-order valence-electron chi connectivity index (χ1n) is 4.82. The first-order valence-corrected chi connectivity index (χ1v) is 5.20. The molecule has 1 aromatic rings. The highest BCUT2D eigenvalue weighted by Gasteiger charge is 2.15. The summed E-state index contributed by atoms with van der Waals surface area (Å²) in [5.74, 6) is -1.61. The third-order valence-corrected chi connectivity index (χ3v) is 2.11. The largest absolute Gasteiger partial charge is 0.480 e. The third kappa shape index (κ3) is 3.34. The van der Waals surface area contributed by atoms with E-state index in [0.29, 0.717) is 13.0 Å². The molecule has 6 heteroatoms. The van der Waals surface area contributed by atoms with Crippen LogP contribution in [-0.4, -0.2) is 29.1 Å². The second-order valence-corrected chi connectivity index (χ2v) is 3.71. The predicted octanol–water partition coefficient (Wildman–Crippen LogP) is 2.18. The highest BCUT2D eigenvalue weighted by molar-refractivity contribution is 6.30. The zero-order valence-corrected chi connectivity index (χ0v) is 9.54. The zero-order chi connectivity index (χ0) is 12.1. The van der Waals surface area contributed by atoms with Gasteiger partial charge in [-0.2, -0.15) is 0 Å². The van der Waals surface area contributed by atoms with Crippen molar-refractivity contribution in [1.82, 2.24) is 4.98 Å². The van der Waals surface area contributed by atoms with E-state index >= 15 is 0 Å². The van der Waals surface area contributed by atoms with Crippen molar-refractivity contribution in [2.75, 3.05) is 18.0 Å². The molecule has 0 saturated heterocycles. The number of carbonyl (C=O) groups is 1. The summed E-state index contributed by atoms with van der Waals surface area (Å²) in [5, 5.41) is 8.89. The molecule has 0 aliphatic heterocycles. The van der Waals surface area contributed by atoms with Crippen molar-refractivity contribution < 1.29 is 14.3 Å². The third-order valence-electron chi connectivity index (χ3n) is 1.91. The van der Waals surface area contributed by atoms with Crippen molar-refractivity contribution in [3.8, 4) is 0 Å². The molecule has 0 atom stereocenters. The van der Waals surface area contributed by atoms with Gasteiger partial charge in [-0.3, -0.25) is 4.79 Å². The van der Waals surface area contributed by atoms with Crippen molar-refractivity contribution in [2.24, 2.45) is 0 Å². The van der Waals surface area contributed by atoms with Gasteiger partial charge in [0.15, 0.2) is 11.6 Å². The first-order chi connectivity index (χ1) is 7.54. The maximum atomic E-state index is 13.5. The van der Waals surface area contributed by atoms with Crippen molar-refractivity contribution in [3.05, 3.63) is 23.1 Å². The maximum absolute atomic E-state index is 13.5.